The van der Waals surface area contributed by atoms with Crippen molar-refractivity contribution in [1.29, 1.82) is 0 Å². The second kappa shape index (κ2) is 18.9. The van der Waals surface area contributed by atoms with Gasteiger partial charge in [0.15, 0.2) is 0 Å². The first-order chi connectivity index (χ1) is 37.7. The third-order valence-corrected chi connectivity index (χ3v) is 22.6. The van der Waals surface area contributed by atoms with E-state index in [4.69, 9.17) is 0 Å². The molecule has 14 rings (SSSR count). The van der Waals surface area contributed by atoms with Crippen LogP contribution >= 0.6 is 20.1 Å². The number of anilines is 3. The number of hydrazine groups is 2. The van der Waals surface area contributed by atoms with Crippen LogP contribution in [0.3, 0.4) is 0 Å². The lowest BCUT2D eigenvalue weighted by Crippen LogP contribution is -2.40. The van der Waals surface area contributed by atoms with Crippen LogP contribution in [0.15, 0.2) is 355 Å². The van der Waals surface area contributed by atoms with Crippen LogP contribution in [0.1, 0.15) is 0 Å². The van der Waals surface area contributed by atoms with Gasteiger partial charge >= 0.3 is 0 Å². The minimum absolute atomic E-state index is 1.07. The van der Waals surface area contributed by atoms with Gasteiger partial charge in [-0.05, 0) is 157 Å². The number of benzene rings is 11. The molecule has 2 aliphatic heterocycles. The van der Waals surface area contributed by atoms with E-state index in [-0.39, 0.29) is 0 Å². The largest absolute Gasteiger partial charge is 0.309 e. The van der Waals surface area contributed by atoms with Crippen LogP contribution in [0.5, 0.6) is 0 Å². The van der Waals surface area contributed by atoms with Crippen molar-refractivity contribution in [3.63, 3.8) is 0 Å². The van der Waals surface area contributed by atoms with Crippen molar-refractivity contribution in [1.82, 2.24) is 9.69 Å². The average molecular weight is 1010 g/mol. The summed E-state index contributed by atoms with van der Waals surface area (Å²) in [6.45, 7) is 0. The van der Waals surface area contributed by atoms with E-state index in [1.165, 1.54) is 55.5 Å². The van der Waals surface area contributed by atoms with Crippen LogP contribution in [0, 0.1) is 0 Å². The van der Waals surface area contributed by atoms with E-state index in [1.54, 1.807) is 0 Å². The molecule has 11 aromatic carbocycles. The predicted octanol–water partition coefficient (Wildman–Crippen LogP) is 19.3. The smallest absolute Gasteiger partial charge is 0.0923 e. The summed E-state index contributed by atoms with van der Waals surface area (Å²) in [6, 6.07) is 108. The van der Waals surface area contributed by atoms with Crippen molar-refractivity contribution in [3.8, 4) is 16.8 Å². The fourth-order valence-corrected chi connectivity index (χ4v) is 19.4. The first-order valence-corrected chi connectivity index (χ1v) is 29.1. The van der Waals surface area contributed by atoms with E-state index in [9.17, 15) is 0 Å². The normalized spacial score (nSPS) is 13.5. The Morgan fingerprint density at radius 1 is 0.263 bits per heavy atom. The Kier molecular flexibility index (Phi) is 11.3. The van der Waals surface area contributed by atoms with Gasteiger partial charge in [-0.2, -0.15) is 5.12 Å². The Morgan fingerprint density at radius 2 is 0.724 bits per heavy atom. The average Bonchev–Trinajstić information content (AvgIpc) is 4.11. The van der Waals surface area contributed by atoms with Crippen LogP contribution in [0.25, 0.3) is 38.6 Å². The summed E-state index contributed by atoms with van der Waals surface area (Å²) < 4.78 is 2.46. The summed E-state index contributed by atoms with van der Waals surface area (Å²) in [4.78, 5) is 10.3. The molecule has 0 saturated heterocycles. The summed E-state index contributed by atoms with van der Waals surface area (Å²) in [7, 11) is -3.93. The molecule has 0 radical (unpaired) electrons. The van der Waals surface area contributed by atoms with E-state index in [2.05, 4.69) is 335 Å². The number of hydrogen-bond donors (Lipinski definition) is 0. The molecule has 0 aliphatic carbocycles. The summed E-state index contributed by atoms with van der Waals surface area (Å²) in [5.74, 6) is 0. The topological polar surface area (TPSA) is 14.7 Å². The summed E-state index contributed by atoms with van der Waals surface area (Å²) >= 11 is 0. The van der Waals surface area contributed by atoms with Gasteiger partial charge in [-0.1, -0.05) is 158 Å². The van der Waals surface area contributed by atoms with Gasteiger partial charge in [0.05, 0.1) is 28.1 Å². The number of hydrogen-bond acceptors (Lipinski definition) is 3. The minimum Gasteiger partial charge on any atom is -0.309 e. The summed E-state index contributed by atoms with van der Waals surface area (Å²) in [5.41, 5.74) is 8.98. The minimum atomic E-state index is -2.03. The SMILES string of the molecule is C1=CN2c3cc(-n4c5ccccc5c5cc(S(c6ccccc6)(c6ccccc6)c6ccccc6)ccc54)ccc3N(c3cc(-c4ccccc4)cc(S(c4ccccc4)(c4ccccc4)c4ccccc4)c3)N2C=C1. The molecule has 0 amide bonds. The molecule has 3 heterocycles. The van der Waals surface area contributed by atoms with Gasteiger partial charge in [-0.25, -0.2) is 10.0 Å². The van der Waals surface area contributed by atoms with Gasteiger partial charge in [0.25, 0.3) is 0 Å². The van der Waals surface area contributed by atoms with Crippen LogP contribution < -0.4 is 10.0 Å². The maximum absolute atomic E-state index is 2.49. The molecule has 0 N–H and O–H groups in total. The van der Waals surface area contributed by atoms with E-state index >= 15 is 0 Å². The molecular weight excluding hydrogens is 961 g/mol. The lowest BCUT2D eigenvalue weighted by atomic mass is 10.0. The first kappa shape index (κ1) is 45.4. The van der Waals surface area contributed by atoms with Gasteiger partial charge in [0, 0.05) is 68.0 Å². The molecule has 4 nitrogen and oxygen atoms in total. The molecule has 6 heteroatoms. The fourth-order valence-electron chi connectivity index (χ4n) is 11.6. The second-order valence-electron chi connectivity index (χ2n) is 19.0. The monoisotopic (exact) mass is 1010 g/mol. The first-order valence-electron chi connectivity index (χ1n) is 25.8. The Labute approximate surface area is 447 Å². The van der Waals surface area contributed by atoms with Crippen molar-refractivity contribution in [2.24, 2.45) is 0 Å². The maximum atomic E-state index is 2.49. The van der Waals surface area contributed by atoms with Crippen molar-refractivity contribution in [2.45, 2.75) is 39.2 Å². The highest BCUT2D eigenvalue weighted by Gasteiger charge is 2.39. The molecule has 0 atom stereocenters. The van der Waals surface area contributed by atoms with E-state index in [1.807, 2.05) is 0 Å². The predicted molar refractivity (Wildman–Crippen MR) is 317 cm³/mol. The molecule has 1 aromatic heterocycles. The lowest BCUT2D eigenvalue weighted by molar-refractivity contribution is 0.408. The number of para-hydroxylation sites is 1. The molecule has 0 fully saturated rings. The second-order valence-corrected chi connectivity index (χ2v) is 25.3. The van der Waals surface area contributed by atoms with Gasteiger partial charge in [0.2, 0.25) is 0 Å². The molecule has 0 bridgehead atoms. The van der Waals surface area contributed by atoms with Gasteiger partial charge in [0.1, 0.15) is 0 Å². The maximum Gasteiger partial charge on any atom is 0.0923 e. The Bertz CT molecular complexity index is 3920. The summed E-state index contributed by atoms with van der Waals surface area (Å²) in [5, 5.41) is 9.37. The van der Waals surface area contributed by atoms with Crippen LogP contribution in [-0.4, -0.2) is 9.69 Å². The van der Waals surface area contributed by atoms with Crippen molar-refractivity contribution in [2.75, 3.05) is 10.0 Å². The number of rotatable bonds is 11. The number of allylic oxidation sites excluding steroid dienone is 2. The van der Waals surface area contributed by atoms with E-state index in [0.29, 0.717) is 0 Å². The number of nitrogens with zero attached hydrogens (tertiary/aromatic N) is 4. The van der Waals surface area contributed by atoms with Gasteiger partial charge < -0.3 is 4.57 Å². The zero-order valence-electron chi connectivity index (χ0n) is 41.6. The zero-order valence-corrected chi connectivity index (χ0v) is 43.3. The molecule has 0 saturated carbocycles. The van der Waals surface area contributed by atoms with Crippen molar-refractivity contribution >= 4 is 58.9 Å². The van der Waals surface area contributed by atoms with E-state index < -0.39 is 20.1 Å². The van der Waals surface area contributed by atoms with Crippen molar-refractivity contribution < 1.29 is 0 Å². The molecule has 0 unspecified atom stereocenters. The number of aromatic nitrogens is 1. The highest BCUT2D eigenvalue weighted by molar-refractivity contribution is 8.34. The summed E-state index contributed by atoms with van der Waals surface area (Å²) in [6.07, 6.45) is 8.59. The van der Waals surface area contributed by atoms with Crippen molar-refractivity contribution in [3.05, 3.63) is 316 Å². The highest BCUT2D eigenvalue weighted by atomic mass is 32.3. The quantitative estimate of drug-likeness (QED) is 0.128. The molecule has 2 aliphatic rings. The van der Waals surface area contributed by atoms with Gasteiger partial charge in [-0.15, -0.1) is 20.1 Å². The molecule has 12 aromatic rings. The van der Waals surface area contributed by atoms with Gasteiger partial charge in [-0.3, -0.25) is 0 Å². The number of fused-ring (bicyclic) bond motifs is 6. The Morgan fingerprint density at radius 3 is 1.26 bits per heavy atom. The Balaban J connectivity index is 0.970. The third-order valence-electron chi connectivity index (χ3n) is 14.9. The highest BCUT2D eigenvalue weighted by Crippen LogP contribution is 2.75. The fraction of sp³-hybridized carbons (Fsp3) is 0. The lowest BCUT2D eigenvalue weighted by Gasteiger charge is -2.43. The van der Waals surface area contributed by atoms with Crippen LogP contribution in [-0.2, 0) is 0 Å². The zero-order chi connectivity index (χ0) is 50.5. The standard InChI is InChI=1S/C70H52N4S2/c1-8-26-53(27-9-1)54-48-56(50-64(49-54)76(60-34-16-5-17-35-60,61-36-18-6-19-37-61)62-38-20-7-21-39-62)74-69-44-42-55(51-70(69)71-46-24-25-47-72(71)74)73-67-41-23-22-40-65(67)66-52-63(43-45-68(66)73)75(57-28-10-2-11-29-57,58-30-12-3-13-31-58)59-32-14-4-15-33-59/h1-52H. The molecule has 364 valence electrons. The van der Waals surface area contributed by atoms with Crippen LogP contribution in [0.2, 0.25) is 0 Å². The van der Waals surface area contributed by atoms with E-state index in [0.717, 1.165) is 39.3 Å². The molecular formula is C70H52N4S2. The third kappa shape index (κ3) is 7.25. The van der Waals surface area contributed by atoms with Crippen LogP contribution in [0.4, 0.5) is 17.1 Å². The Hall–Kier alpha value is -9.20. The molecule has 0 spiro atoms. The molecule has 76 heavy (non-hydrogen) atoms.